The predicted molar refractivity (Wildman–Crippen MR) is 107 cm³/mol. The van der Waals surface area contributed by atoms with Crippen molar-refractivity contribution < 1.29 is 22.8 Å². The number of nitrogens with zero attached hydrogens (tertiary/aromatic N) is 1. The van der Waals surface area contributed by atoms with E-state index in [1.54, 1.807) is 0 Å². The van der Waals surface area contributed by atoms with E-state index in [4.69, 9.17) is 0 Å². The van der Waals surface area contributed by atoms with Crippen LogP contribution in [0.25, 0.3) is 0 Å². The van der Waals surface area contributed by atoms with E-state index < -0.39 is 22.9 Å². The number of rotatable bonds is 6. The molecule has 0 radical (unpaired) electrons. The van der Waals surface area contributed by atoms with Gasteiger partial charge in [-0.2, -0.15) is 13.2 Å². The number of hydrogen-bond acceptors (Lipinski definition) is 4. The van der Waals surface area contributed by atoms with Gasteiger partial charge in [0.25, 0.3) is 0 Å². The molecule has 2 aromatic rings. The summed E-state index contributed by atoms with van der Waals surface area (Å²) < 4.78 is 38.3. The lowest BCUT2D eigenvalue weighted by molar-refractivity contribution is -0.137. The van der Waals surface area contributed by atoms with Crippen molar-refractivity contribution in [2.24, 2.45) is 4.99 Å². The van der Waals surface area contributed by atoms with E-state index >= 15 is 0 Å². The van der Waals surface area contributed by atoms with Gasteiger partial charge in [0.05, 0.1) is 5.56 Å². The van der Waals surface area contributed by atoms with Crippen LogP contribution in [0.2, 0.25) is 0 Å². The van der Waals surface area contributed by atoms with Gasteiger partial charge in [0.2, 0.25) is 11.8 Å². The van der Waals surface area contributed by atoms with Crippen molar-refractivity contribution in [3.63, 3.8) is 0 Å². The number of amides is 2. The quantitative estimate of drug-likeness (QED) is 0.744. The SMILES string of the molecule is O=C(C[C@H]1SC(=NCCc2ccccc2)NC1=O)Nc1cccc(C(F)(F)F)c1. The monoisotopic (exact) mass is 421 g/mol. The molecule has 0 saturated carbocycles. The first-order valence-electron chi connectivity index (χ1n) is 8.84. The fourth-order valence-corrected chi connectivity index (χ4v) is 3.70. The average Bonchev–Trinajstić information content (AvgIpc) is 3.01. The van der Waals surface area contributed by atoms with Crippen LogP contribution in [0.4, 0.5) is 18.9 Å². The molecule has 2 N–H and O–H groups in total. The second-order valence-electron chi connectivity index (χ2n) is 6.35. The third-order valence-corrected chi connectivity index (χ3v) is 5.24. The molecule has 1 atom stereocenters. The van der Waals surface area contributed by atoms with Crippen molar-refractivity contribution >= 4 is 34.4 Å². The van der Waals surface area contributed by atoms with Crippen LogP contribution in [-0.2, 0) is 22.2 Å². The molecule has 2 amide bonds. The van der Waals surface area contributed by atoms with E-state index in [1.165, 1.54) is 12.1 Å². The van der Waals surface area contributed by atoms with Crippen LogP contribution in [-0.4, -0.2) is 28.8 Å². The van der Waals surface area contributed by atoms with Gasteiger partial charge in [0.1, 0.15) is 5.25 Å². The number of amidine groups is 1. The van der Waals surface area contributed by atoms with Gasteiger partial charge in [0, 0.05) is 18.7 Å². The van der Waals surface area contributed by atoms with Crippen LogP contribution < -0.4 is 10.6 Å². The molecule has 0 aromatic heterocycles. The van der Waals surface area contributed by atoms with Crippen LogP contribution in [0.15, 0.2) is 59.6 Å². The Kier molecular flexibility index (Phi) is 6.58. The van der Waals surface area contributed by atoms with Gasteiger partial charge in [-0.1, -0.05) is 48.2 Å². The zero-order chi connectivity index (χ0) is 20.9. The Bertz CT molecular complexity index is 917. The summed E-state index contributed by atoms with van der Waals surface area (Å²) in [4.78, 5) is 28.5. The molecule has 1 saturated heterocycles. The van der Waals surface area contributed by atoms with Crippen molar-refractivity contribution in [2.75, 3.05) is 11.9 Å². The summed E-state index contributed by atoms with van der Waals surface area (Å²) in [6.45, 7) is 0.496. The summed E-state index contributed by atoms with van der Waals surface area (Å²) in [5.74, 6) is -0.879. The van der Waals surface area contributed by atoms with Crippen molar-refractivity contribution in [3.8, 4) is 0 Å². The Labute approximate surface area is 169 Å². The van der Waals surface area contributed by atoms with Crippen LogP contribution in [0.3, 0.4) is 0 Å². The molecule has 3 rings (SSSR count). The molecule has 9 heteroatoms. The van der Waals surface area contributed by atoms with Crippen molar-refractivity contribution in [1.29, 1.82) is 0 Å². The minimum Gasteiger partial charge on any atom is -0.326 e. The lowest BCUT2D eigenvalue weighted by atomic mass is 10.2. The van der Waals surface area contributed by atoms with Crippen LogP contribution >= 0.6 is 11.8 Å². The number of nitrogens with one attached hydrogen (secondary N) is 2. The standard InChI is InChI=1S/C20H18F3N3O2S/c21-20(22,23)14-7-4-8-15(11-14)25-17(27)12-16-18(28)26-19(29-16)24-10-9-13-5-2-1-3-6-13/h1-8,11,16H,9-10,12H2,(H,25,27)(H,24,26,28)/t16-/m1/s1. The minimum atomic E-state index is -4.49. The number of alkyl halides is 3. The number of aliphatic imine (C=N–C) groups is 1. The van der Waals surface area contributed by atoms with E-state index in [9.17, 15) is 22.8 Å². The summed E-state index contributed by atoms with van der Waals surface area (Å²) in [6.07, 6.45) is -3.93. The van der Waals surface area contributed by atoms with Gasteiger partial charge in [-0.15, -0.1) is 0 Å². The lowest BCUT2D eigenvalue weighted by Gasteiger charge is -2.10. The molecule has 2 aromatic carbocycles. The molecular formula is C20H18F3N3O2S. The Morgan fingerprint density at radius 2 is 1.90 bits per heavy atom. The molecule has 1 aliphatic rings. The maximum Gasteiger partial charge on any atom is 0.416 e. The molecule has 0 bridgehead atoms. The van der Waals surface area contributed by atoms with Crippen molar-refractivity contribution in [3.05, 3.63) is 65.7 Å². The second-order valence-corrected chi connectivity index (χ2v) is 7.54. The molecule has 1 heterocycles. The maximum atomic E-state index is 12.8. The zero-order valence-electron chi connectivity index (χ0n) is 15.2. The number of halogens is 3. The van der Waals surface area contributed by atoms with Crippen LogP contribution in [0.1, 0.15) is 17.5 Å². The van der Waals surface area contributed by atoms with E-state index in [1.807, 2.05) is 30.3 Å². The first-order valence-corrected chi connectivity index (χ1v) is 9.72. The van der Waals surface area contributed by atoms with Gasteiger partial charge in [-0.3, -0.25) is 14.6 Å². The normalized spacial score (nSPS) is 18.0. The Balaban J connectivity index is 1.52. The lowest BCUT2D eigenvalue weighted by Crippen LogP contribution is -2.28. The van der Waals surface area contributed by atoms with E-state index in [0.29, 0.717) is 11.7 Å². The number of anilines is 1. The second kappa shape index (κ2) is 9.13. The smallest absolute Gasteiger partial charge is 0.326 e. The summed E-state index contributed by atoms with van der Waals surface area (Å²) >= 11 is 1.15. The van der Waals surface area contributed by atoms with E-state index in [2.05, 4.69) is 15.6 Å². The summed E-state index contributed by atoms with van der Waals surface area (Å²) in [7, 11) is 0. The number of hydrogen-bond donors (Lipinski definition) is 2. The fourth-order valence-electron chi connectivity index (χ4n) is 2.70. The van der Waals surface area contributed by atoms with Crippen LogP contribution in [0, 0.1) is 0 Å². The number of carbonyl (C=O) groups is 2. The Hall–Kier alpha value is -2.81. The van der Waals surface area contributed by atoms with Gasteiger partial charge in [-0.05, 0) is 30.2 Å². The van der Waals surface area contributed by atoms with E-state index in [0.717, 1.165) is 35.9 Å². The molecule has 0 aliphatic carbocycles. The molecule has 152 valence electrons. The predicted octanol–water partition coefficient (Wildman–Crippen LogP) is 3.86. The Morgan fingerprint density at radius 1 is 1.14 bits per heavy atom. The molecule has 5 nitrogen and oxygen atoms in total. The Morgan fingerprint density at radius 3 is 2.62 bits per heavy atom. The number of carbonyl (C=O) groups excluding carboxylic acids is 2. The van der Waals surface area contributed by atoms with Gasteiger partial charge in [-0.25, -0.2) is 0 Å². The fraction of sp³-hybridized carbons (Fsp3) is 0.250. The van der Waals surface area contributed by atoms with Crippen LogP contribution in [0.5, 0.6) is 0 Å². The average molecular weight is 421 g/mol. The first-order chi connectivity index (χ1) is 13.8. The molecule has 1 aliphatic heterocycles. The van der Waals surface area contributed by atoms with Gasteiger partial charge in [0.15, 0.2) is 5.17 Å². The van der Waals surface area contributed by atoms with Crippen molar-refractivity contribution in [2.45, 2.75) is 24.3 Å². The summed E-state index contributed by atoms with van der Waals surface area (Å²) in [6, 6.07) is 14.1. The highest BCUT2D eigenvalue weighted by Gasteiger charge is 2.33. The zero-order valence-corrected chi connectivity index (χ0v) is 16.0. The number of thioether (sulfide) groups is 1. The third kappa shape index (κ3) is 6.08. The van der Waals surface area contributed by atoms with Crippen molar-refractivity contribution in [1.82, 2.24) is 5.32 Å². The topological polar surface area (TPSA) is 70.6 Å². The number of benzene rings is 2. The molecule has 0 unspecified atom stereocenters. The molecule has 29 heavy (non-hydrogen) atoms. The van der Waals surface area contributed by atoms with Gasteiger partial charge >= 0.3 is 6.18 Å². The maximum absolute atomic E-state index is 12.8. The largest absolute Gasteiger partial charge is 0.416 e. The molecule has 1 fully saturated rings. The highest BCUT2D eigenvalue weighted by Crippen LogP contribution is 2.31. The minimum absolute atomic E-state index is 0.0324. The summed E-state index contributed by atoms with van der Waals surface area (Å²) in [5, 5.41) is 4.82. The molecule has 0 spiro atoms. The van der Waals surface area contributed by atoms with Gasteiger partial charge < -0.3 is 10.6 Å². The summed E-state index contributed by atoms with van der Waals surface area (Å²) in [5.41, 5.74) is 0.310. The van der Waals surface area contributed by atoms with E-state index in [-0.39, 0.29) is 18.0 Å². The highest BCUT2D eigenvalue weighted by atomic mass is 32.2. The molecular weight excluding hydrogens is 403 g/mol. The first kappa shape index (κ1) is 20.9. The third-order valence-electron chi connectivity index (χ3n) is 4.12. The highest BCUT2D eigenvalue weighted by molar-refractivity contribution is 8.15.